The van der Waals surface area contributed by atoms with Gasteiger partial charge >= 0.3 is 11.9 Å². The van der Waals surface area contributed by atoms with E-state index in [0.29, 0.717) is 0 Å². The summed E-state index contributed by atoms with van der Waals surface area (Å²) >= 11 is 0. The number of carbonyl (C=O) groups is 2. The van der Waals surface area contributed by atoms with Gasteiger partial charge in [-0.15, -0.1) is 0 Å². The Bertz CT molecular complexity index is 254. The predicted molar refractivity (Wildman–Crippen MR) is 63.0 cm³/mol. The van der Waals surface area contributed by atoms with E-state index in [1.54, 1.807) is 41.5 Å². The molecule has 106 valence electrons. The van der Waals surface area contributed by atoms with Crippen LogP contribution in [-0.4, -0.2) is 25.5 Å². The lowest BCUT2D eigenvalue weighted by atomic mass is 9.97. The van der Waals surface area contributed by atoms with Gasteiger partial charge in [-0.2, -0.15) is 9.78 Å². The van der Waals surface area contributed by atoms with Gasteiger partial charge in [0.1, 0.15) is 0 Å². The molecule has 0 aliphatic heterocycles. The third kappa shape index (κ3) is 7.24. The fraction of sp³-hybridized carbons (Fsp3) is 0.833. The van der Waals surface area contributed by atoms with E-state index in [9.17, 15) is 9.59 Å². The van der Waals surface area contributed by atoms with Crippen molar-refractivity contribution in [1.82, 2.24) is 0 Å². The molecule has 0 aromatic rings. The van der Waals surface area contributed by atoms with Crippen molar-refractivity contribution in [1.29, 1.82) is 0 Å². The Kier molecular flexibility index (Phi) is 6.28. The second-order valence-corrected chi connectivity index (χ2v) is 5.83. The van der Waals surface area contributed by atoms with Crippen molar-refractivity contribution in [3.05, 3.63) is 0 Å². The Labute approximate surface area is 107 Å². The van der Waals surface area contributed by atoms with Crippen LogP contribution in [0.3, 0.4) is 0 Å². The second-order valence-electron chi connectivity index (χ2n) is 5.83. The third-order valence-electron chi connectivity index (χ3n) is 1.78. The van der Waals surface area contributed by atoms with Crippen LogP contribution >= 0.6 is 0 Å². The van der Waals surface area contributed by atoms with Crippen LogP contribution in [0.2, 0.25) is 0 Å². The SMILES string of the molecule is CC(C)(C)C(=O)OCOOCOC(=O)C(C)(C)C. The summed E-state index contributed by atoms with van der Waals surface area (Å²) in [6, 6.07) is 0. The Morgan fingerprint density at radius 3 is 1.22 bits per heavy atom. The van der Waals surface area contributed by atoms with Crippen molar-refractivity contribution in [3.8, 4) is 0 Å². The topological polar surface area (TPSA) is 71.1 Å². The smallest absolute Gasteiger partial charge is 0.313 e. The van der Waals surface area contributed by atoms with E-state index in [1.807, 2.05) is 0 Å². The van der Waals surface area contributed by atoms with Gasteiger partial charge in [0.05, 0.1) is 10.8 Å². The summed E-state index contributed by atoms with van der Waals surface area (Å²) in [5, 5.41) is 0. The van der Waals surface area contributed by atoms with Crippen molar-refractivity contribution >= 4 is 11.9 Å². The van der Waals surface area contributed by atoms with Gasteiger partial charge in [-0.05, 0) is 41.5 Å². The Morgan fingerprint density at radius 2 is 1.00 bits per heavy atom. The van der Waals surface area contributed by atoms with E-state index in [0.717, 1.165) is 0 Å². The lowest BCUT2D eigenvalue weighted by Gasteiger charge is -2.17. The number of hydrogen-bond acceptors (Lipinski definition) is 6. The Balaban J connectivity index is 3.60. The van der Waals surface area contributed by atoms with Crippen LogP contribution < -0.4 is 0 Å². The lowest BCUT2D eigenvalue weighted by Crippen LogP contribution is -2.25. The second kappa shape index (κ2) is 6.70. The van der Waals surface area contributed by atoms with Crippen LogP contribution in [0.1, 0.15) is 41.5 Å². The summed E-state index contributed by atoms with van der Waals surface area (Å²) in [7, 11) is 0. The van der Waals surface area contributed by atoms with E-state index < -0.39 is 22.8 Å². The zero-order valence-electron chi connectivity index (χ0n) is 11.9. The molecule has 0 aliphatic carbocycles. The quantitative estimate of drug-likeness (QED) is 0.248. The molecule has 0 N–H and O–H groups in total. The maximum Gasteiger partial charge on any atom is 0.313 e. The van der Waals surface area contributed by atoms with Crippen LogP contribution in [0.25, 0.3) is 0 Å². The molecule has 0 fully saturated rings. The molecule has 0 heterocycles. The minimum absolute atomic E-state index is 0.344. The molecule has 0 unspecified atom stereocenters. The molecular formula is C12H22O6. The molecule has 0 aromatic carbocycles. The predicted octanol–water partition coefficient (Wildman–Crippen LogP) is 2.03. The summed E-state index contributed by atoms with van der Waals surface area (Å²) in [5.74, 6) is -0.810. The molecule has 0 saturated carbocycles. The first-order chi connectivity index (χ1) is 8.05. The van der Waals surface area contributed by atoms with Crippen LogP contribution in [-0.2, 0) is 28.8 Å². The summed E-state index contributed by atoms with van der Waals surface area (Å²) in [6.45, 7) is 9.65. The van der Waals surface area contributed by atoms with Gasteiger partial charge in [-0.25, -0.2) is 0 Å². The maximum absolute atomic E-state index is 11.3. The molecule has 0 radical (unpaired) electrons. The summed E-state index contributed by atoms with van der Waals surface area (Å²) < 4.78 is 9.51. The molecule has 0 atom stereocenters. The maximum atomic E-state index is 11.3. The number of rotatable bonds is 5. The fourth-order valence-electron chi connectivity index (χ4n) is 0.656. The van der Waals surface area contributed by atoms with Gasteiger partial charge in [0.15, 0.2) is 0 Å². The van der Waals surface area contributed by atoms with E-state index >= 15 is 0 Å². The minimum atomic E-state index is -0.595. The average molecular weight is 262 g/mol. The van der Waals surface area contributed by atoms with Crippen molar-refractivity contribution in [2.45, 2.75) is 41.5 Å². The molecule has 6 heteroatoms. The van der Waals surface area contributed by atoms with Gasteiger partial charge < -0.3 is 9.47 Å². The highest BCUT2D eigenvalue weighted by Gasteiger charge is 2.24. The molecule has 0 aliphatic rings. The highest BCUT2D eigenvalue weighted by Crippen LogP contribution is 2.15. The fourth-order valence-corrected chi connectivity index (χ4v) is 0.656. The van der Waals surface area contributed by atoms with Crippen molar-refractivity contribution in [3.63, 3.8) is 0 Å². The summed E-state index contributed by atoms with van der Waals surface area (Å²) in [5.41, 5.74) is -1.19. The lowest BCUT2D eigenvalue weighted by molar-refractivity contribution is -0.360. The highest BCUT2D eigenvalue weighted by molar-refractivity contribution is 5.75. The van der Waals surface area contributed by atoms with Crippen LogP contribution in [0.5, 0.6) is 0 Å². The number of esters is 2. The van der Waals surface area contributed by atoms with Gasteiger partial charge in [-0.1, -0.05) is 0 Å². The van der Waals surface area contributed by atoms with Crippen LogP contribution in [0.4, 0.5) is 0 Å². The monoisotopic (exact) mass is 262 g/mol. The van der Waals surface area contributed by atoms with Crippen molar-refractivity contribution in [2.24, 2.45) is 10.8 Å². The molecule has 0 rings (SSSR count). The average Bonchev–Trinajstić information content (AvgIpc) is 2.19. The van der Waals surface area contributed by atoms with E-state index in [-0.39, 0.29) is 13.6 Å². The van der Waals surface area contributed by atoms with E-state index in [1.165, 1.54) is 0 Å². The molecule has 6 nitrogen and oxygen atoms in total. The minimum Gasteiger partial charge on any atom is -0.435 e. The Hall–Kier alpha value is -1.14. The zero-order chi connectivity index (χ0) is 14.4. The van der Waals surface area contributed by atoms with Gasteiger partial charge in [0.25, 0.3) is 0 Å². The normalized spacial score (nSPS) is 12.1. The summed E-state index contributed by atoms with van der Waals surface area (Å²) in [4.78, 5) is 31.7. The van der Waals surface area contributed by atoms with Crippen molar-refractivity contribution in [2.75, 3.05) is 13.6 Å². The molecule has 18 heavy (non-hydrogen) atoms. The zero-order valence-corrected chi connectivity index (χ0v) is 11.9. The number of hydrogen-bond donors (Lipinski definition) is 0. The molecule has 0 amide bonds. The molecule has 0 bridgehead atoms. The number of ether oxygens (including phenoxy) is 2. The molecular weight excluding hydrogens is 240 g/mol. The Morgan fingerprint density at radius 1 is 0.722 bits per heavy atom. The van der Waals surface area contributed by atoms with Crippen LogP contribution in [0.15, 0.2) is 0 Å². The van der Waals surface area contributed by atoms with E-state index in [4.69, 9.17) is 9.47 Å². The van der Waals surface area contributed by atoms with Crippen molar-refractivity contribution < 1.29 is 28.8 Å². The number of carbonyl (C=O) groups excluding carboxylic acids is 2. The van der Waals surface area contributed by atoms with Gasteiger partial charge in [0, 0.05) is 0 Å². The first kappa shape index (κ1) is 16.9. The third-order valence-corrected chi connectivity index (χ3v) is 1.78. The first-order valence-corrected chi connectivity index (χ1v) is 5.64. The molecule has 0 aromatic heterocycles. The van der Waals surface area contributed by atoms with E-state index in [2.05, 4.69) is 9.78 Å². The largest absolute Gasteiger partial charge is 0.435 e. The standard InChI is InChI=1S/C12H22O6/c1-11(2,3)9(13)15-7-17-18-8-16-10(14)12(4,5)6/h7-8H2,1-6H3. The van der Waals surface area contributed by atoms with Crippen LogP contribution in [0, 0.1) is 10.8 Å². The molecule has 0 saturated heterocycles. The summed E-state index contributed by atoms with van der Waals surface area (Å²) in [6.07, 6.45) is 0. The molecule has 0 spiro atoms. The van der Waals surface area contributed by atoms with Gasteiger partial charge in [0.2, 0.25) is 13.6 Å². The highest BCUT2D eigenvalue weighted by atomic mass is 17.2. The van der Waals surface area contributed by atoms with Gasteiger partial charge in [-0.3, -0.25) is 9.59 Å². The first-order valence-electron chi connectivity index (χ1n) is 5.64.